The molecule has 13 heavy (non-hydrogen) atoms. The summed E-state index contributed by atoms with van der Waals surface area (Å²) in [6, 6.07) is 0. The molecule has 0 N–H and O–H groups in total. The summed E-state index contributed by atoms with van der Waals surface area (Å²) in [6.07, 6.45) is 4.38. The zero-order valence-corrected chi connectivity index (χ0v) is 9.57. The number of carbonyl (C=O) groups excluding carboxylic acids is 1. The third-order valence-corrected chi connectivity index (χ3v) is 3.70. The minimum atomic E-state index is -0.0335. The van der Waals surface area contributed by atoms with Crippen molar-refractivity contribution in [2.24, 2.45) is 11.8 Å². The predicted molar refractivity (Wildman–Crippen MR) is 58.9 cm³/mol. The number of carbonyl (C=O) groups is 1. The highest BCUT2D eigenvalue weighted by atomic mass is 33.1. The lowest BCUT2D eigenvalue weighted by atomic mass is 9.82. The molecule has 0 amide bonds. The van der Waals surface area contributed by atoms with Crippen molar-refractivity contribution in [1.29, 1.82) is 0 Å². The first-order valence-corrected chi connectivity index (χ1v) is 6.66. The highest BCUT2D eigenvalue weighted by Crippen LogP contribution is 2.32. The molecule has 0 saturated heterocycles. The number of thiol groups is 1. The van der Waals surface area contributed by atoms with E-state index in [1.54, 1.807) is 10.8 Å². The van der Waals surface area contributed by atoms with Gasteiger partial charge in [0.1, 0.15) is 0 Å². The van der Waals surface area contributed by atoms with Crippen LogP contribution in [0.5, 0.6) is 0 Å². The number of hydrogen-bond acceptors (Lipinski definition) is 4. The quantitative estimate of drug-likeness (QED) is 0.450. The van der Waals surface area contributed by atoms with Crippen LogP contribution in [0.1, 0.15) is 25.7 Å². The molecule has 2 atom stereocenters. The Kier molecular flexibility index (Phi) is 5.02. The van der Waals surface area contributed by atoms with E-state index in [-0.39, 0.29) is 11.9 Å². The minimum absolute atomic E-state index is 0.0335. The Morgan fingerprint density at radius 1 is 1.62 bits per heavy atom. The van der Waals surface area contributed by atoms with Gasteiger partial charge in [-0.3, -0.25) is 4.79 Å². The van der Waals surface area contributed by atoms with E-state index in [4.69, 9.17) is 4.74 Å². The molecule has 1 aliphatic rings. The summed E-state index contributed by atoms with van der Waals surface area (Å²) >= 11 is 4.14. The third kappa shape index (κ3) is 3.43. The third-order valence-electron chi connectivity index (χ3n) is 2.63. The number of ether oxygens (including phenoxy) is 1. The van der Waals surface area contributed by atoms with Crippen LogP contribution in [-0.4, -0.2) is 18.8 Å². The standard InChI is InChI=1S/C9H16O2S2/c1-11-9(10)8-4-2-3-7(5-8)6-13-12/h7-8,12H,2-6H2,1H3. The molecule has 0 bridgehead atoms. The van der Waals surface area contributed by atoms with Crippen LogP contribution < -0.4 is 0 Å². The summed E-state index contributed by atoms with van der Waals surface area (Å²) in [6.45, 7) is 0. The first-order valence-electron chi connectivity index (χ1n) is 4.62. The molecule has 1 saturated carbocycles. The van der Waals surface area contributed by atoms with Crippen LogP contribution in [0.2, 0.25) is 0 Å². The summed E-state index contributed by atoms with van der Waals surface area (Å²) in [5.41, 5.74) is 0. The molecule has 0 heterocycles. The van der Waals surface area contributed by atoms with Crippen molar-refractivity contribution in [3.63, 3.8) is 0 Å². The molecule has 0 aromatic carbocycles. The molecule has 0 aromatic rings. The van der Waals surface area contributed by atoms with Gasteiger partial charge in [0, 0.05) is 5.75 Å². The van der Waals surface area contributed by atoms with Gasteiger partial charge in [-0.15, -0.1) is 11.7 Å². The fourth-order valence-electron chi connectivity index (χ4n) is 1.93. The molecule has 0 radical (unpaired) electrons. The molecular weight excluding hydrogens is 204 g/mol. The van der Waals surface area contributed by atoms with E-state index in [0.717, 1.165) is 25.0 Å². The van der Waals surface area contributed by atoms with E-state index in [1.165, 1.54) is 13.5 Å². The van der Waals surface area contributed by atoms with Crippen molar-refractivity contribution in [2.45, 2.75) is 25.7 Å². The SMILES string of the molecule is COC(=O)C1CCCC(CSS)C1. The maximum absolute atomic E-state index is 11.3. The molecule has 2 unspecified atom stereocenters. The average Bonchev–Trinajstić information content (AvgIpc) is 2.18. The van der Waals surface area contributed by atoms with Crippen LogP contribution in [-0.2, 0) is 9.53 Å². The molecule has 2 nitrogen and oxygen atoms in total. The predicted octanol–water partition coefficient (Wildman–Crippen LogP) is 2.54. The van der Waals surface area contributed by atoms with Crippen molar-refractivity contribution in [2.75, 3.05) is 12.9 Å². The monoisotopic (exact) mass is 220 g/mol. The van der Waals surface area contributed by atoms with Gasteiger partial charge >= 0.3 is 5.97 Å². The molecule has 1 fully saturated rings. The first kappa shape index (κ1) is 11.2. The fourth-order valence-corrected chi connectivity index (χ4v) is 3.07. The maximum atomic E-state index is 11.3. The lowest BCUT2D eigenvalue weighted by Crippen LogP contribution is -2.24. The van der Waals surface area contributed by atoms with Crippen LogP contribution in [0.15, 0.2) is 0 Å². The lowest BCUT2D eigenvalue weighted by Gasteiger charge is -2.26. The summed E-state index contributed by atoms with van der Waals surface area (Å²) in [5.74, 6) is 1.81. The molecule has 1 aliphatic carbocycles. The Labute approximate surface area is 88.6 Å². The van der Waals surface area contributed by atoms with Crippen LogP contribution in [0.3, 0.4) is 0 Å². The van der Waals surface area contributed by atoms with Crippen molar-refractivity contribution in [1.82, 2.24) is 0 Å². The second kappa shape index (κ2) is 5.81. The smallest absolute Gasteiger partial charge is 0.308 e. The van der Waals surface area contributed by atoms with Crippen LogP contribution in [0.4, 0.5) is 0 Å². The van der Waals surface area contributed by atoms with Crippen molar-refractivity contribution in [3.8, 4) is 0 Å². The van der Waals surface area contributed by atoms with E-state index in [0.29, 0.717) is 5.92 Å². The van der Waals surface area contributed by atoms with Crippen LogP contribution in [0, 0.1) is 11.8 Å². The molecule has 0 aromatic heterocycles. The van der Waals surface area contributed by atoms with Gasteiger partial charge in [-0.25, -0.2) is 0 Å². The van der Waals surface area contributed by atoms with Gasteiger partial charge in [0.15, 0.2) is 0 Å². The van der Waals surface area contributed by atoms with E-state index in [1.807, 2.05) is 0 Å². The molecule has 1 rings (SSSR count). The zero-order valence-electron chi connectivity index (χ0n) is 7.86. The second-order valence-electron chi connectivity index (χ2n) is 3.55. The highest BCUT2D eigenvalue weighted by molar-refractivity contribution is 8.68. The Hall–Kier alpha value is 0.170. The molecule has 4 heteroatoms. The van der Waals surface area contributed by atoms with Gasteiger partial charge in [-0.2, -0.15) is 0 Å². The number of methoxy groups -OCH3 is 1. The van der Waals surface area contributed by atoms with E-state index in [2.05, 4.69) is 11.7 Å². The van der Waals surface area contributed by atoms with Crippen molar-refractivity contribution < 1.29 is 9.53 Å². The van der Waals surface area contributed by atoms with Crippen LogP contribution >= 0.6 is 22.5 Å². The molecular formula is C9H16O2S2. The van der Waals surface area contributed by atoms with Crippen LogP contribution in [0.25, 0.3) is 0 Å². The van der Waals surface area contributed by atoms with Gasteiger partial charge in [-0.05, 0) is 25.2 Å². The van der Waals surface area contributed by atoms with Crippen molar-refractivity contribution >= 4 is 28.4 Å². The molecule has 76 valence electrons. The summed E-state index contributed by atoms with van der Waals surface area (Å²) in [5, 5.41) is 0. The maximum Gasteiger partial charge on any atom is 0.308 e. The van der Waals surface area contributed by atoms with E-state index >= 15 is 0 Å². The first-order chi connectivity index (χ1) is 6.27. The van der Waals surface area contributed by atoms with E-state index < -0.39 is 0 Å². The van der Waals surface area contributed by atoms with Gasteiger partial charge in [0.2, 0.25) is 0 Å². The topological polar surface area (TPSA) is 26.3 Å². The summed E-state index contributed by atoms with van der Waals surface area (Å²) < 4.78 is 4.75. The van der Waals surface area contributed by atoms with Gasteiger partial charge < -0.3 is 4.74 Å². The fraction of sp³-hybridized carbons (Fsp3) is 0.889. The summed E-state index contributed by atoms with van der Waals surface area (Å²) in [4.78, 5) is 11.3. The van der Waals surface area contributed by atoms with Gasteiger partial charge in [-0.1, -0.05) is 17.2 Å². The Bertz CT molecular complexity index is 171. The Morgan fingerprint density at radius 2 is 2.38 bits per heavy atom. The zero-order chi connectivity index (χ0) is 9.68. The van der Waals surface area contributed by atoms with Gasteiger partial charge in [0.25, 0.3) is 0 Å². The highest BCUT2D eigenvalue weighted by Gasteiger charge is 2.27. The Morgan fingerprint density at radius 3 is 3.00 bits per heavy atom. The number of rotatable bonds is 3. The molecule has 0 spiro atoms. The lowest BCUT2D eigenvalue weighted by molar-refractivity contribution is -0.147. The molecule has 0 aliphatic heterocycles. The number of esters is 1. The Balaban J connectivity index is 2.37. The second-order valence-corrected chi connectivity index (χ2v) is 4.91. The number of hydrogen-bond donors (Lipinski definition) is 1. The van der Waals surface area contributed by atoms with Gasteiger partial charge in [0.05, 0.1) is 13.0 Å². The normalized spacial score (nSPS) is 28.5. The largest absolute Gasteiger partial charge is 0.469 e. The van der Waals surface area contributed by atoms with Crippen molar-refractivity contribution in [3.05, 3.63) is 0 Å². The average molecular weight is 220 g/mol. The van der Waals surface area contributed by atoms with E-state index in [9.17, 15) is 4.79 Å². The minimum Gasteiger partial charge on any atom is -0.469 e. The summed E-state index contributed by atoms with van der Waals surface area (Å²) in [7, 11) is 3.04.